The molecule has 0 radical (unpaired) electrons. The number of ether oxygens (including phenoxy) is 1. The molecule has 2 aromatic rings. The van der Waals surface area contributed by atoms with Crippen molar-refractivity contribution >= 4 is 23.5 Å². The lowest BCUT2D eigenvalue weighted by atomic mass is 9.87. The predicted octanol–water partition coefficient (Wildman–Crippen LogP) is 4.27. The second-order valence-electron chi connectivity index (χ2n) is 10.4. The highest BCUT2D eigenvalue weighted by molar-refractivity contribution is 5.89. The van der Waals surface area contributed by atoms with Crippen LogP contribution in [0.4, 0.5) is 39.8 Å². The van der Waals surface area contributed by atoms with Gasteiger partial charge in [-0.15, -0.1) is 0 Å². The molecule has 0 saturated carbocycles. The average molecular weight is 541 g/mol. The maximum Gasteiger partial charge on any atom is 0.416 e. The Morgan fingerprint density at radius 2 is 1.87 bits per heavy atom. The van der Waals surface area contributed by atoms with E-state index < -0.39 is 35.6 Å². The normalized spacial score (nSPS) is 20.9. The van der Waals surface area contributed by atoms with Crippen molar-refractivity contribution in [2.45, 2.75) is 70.3 Å². The summed E-state index contributed by atoms with van der Waals surface area (Å²) in [5.41, 5.74) is -1.39. The Bertz CT molecular complexity index is 1150. The second kappa shape index (κ2) is 10.5. The van der Waals surface area contributed by atoms with E-state index in [0.29, 0.717) is 18.8 Å². The SMILES string of the molecule is C[C@H](Nc1ncc(F)c(N2C(=O)OCC2[C@@H](C)O)n1)C1CCN(c2ccnc(C(C)(C)C(F)(F)F)c2)CC1. The molecule has 2 aliphatic rings. The van der Waals surface area contributed by atoms with E-state index in [1.165, 1.54) is 19.2 Å². The zero-order valence-corrected chi connectivity index (χ0v) is 21.7. The number of cyclic esters (lactones) is 1. The first-order valence-electron chi connectivity index (χ1n) is 12.5. The lowest BCUT2D eigenvalue weighted by molar-refractivity contribution is -0.181. The van der Waals surface area contributed by atoms with E-state index >= 15 is 0 Å². The highest BCUT2D eigenvalue weighted by Crippen LogP contribution is 2.40. The monoisotopic (exact) mass is 540 g/mol. The Labute approximate surface area is 218 Å². The molecule has 13 heteroatoms. The standard InChI is InChI=1S/C25H32F4N6O3/c1-14(32-22-31-12-18(26)21(33-22)35-19(15(2)36)13-38-23(35)37)16-6-9-34(10-7-16)17-5-8-30-20(11-17)24(3,4)25(27,28)29/h5,8,11-12,14-16,19,36H,6-7,9-10,13H2,1-4H3,(H,31,32,33)/t14-,15+,19?/m0/s1. The molecule has 208 valence electrons. The molecule has 0 aromatic carbocycles. The Balaban J connectivity index is 1.41. The van der Waals surface area contributed by atoms with Crippen LogP contribution in [0.15, 0.2) is 24.5 Å². The fraction of sp³-hybridized carbons (Fsp3) is 0.600. The van der Waals surface area contributed by atoms with Gasteiger partial charge in [0.05, 0.1) is 18.0 Å². The number of nitrogens with one attached hydrogen (secondary N) is 1. The quantitative estimate of drug-likeness (QED) is 0.502. The topological polar surface area (TPSA) is 104 Å². The molecule has 3 atom stereocenters. The number of pyridine rings is 1. The van der Waals surface area contributed by atoms with Crippen molar-refractivity contribution in [1.82, 2.24) is 15.0 Å². The summed E-state index contributed by atoms with van der Waals surface area (Å²) in [5, 5.41) is 13.1. The number of aliphatic hydroxyl groups is 1. The van der Waals surface area contributed by atoms with Crippen LogP contribution in [0.25, 0.3) is 0 Å². The van der Waals surface area contributed by atoms with Gasteiger partial charge >= 0.3 is 12.3 Å². The molecule has 2 aliphatic heterocycles. The van der Waals surface area contributed by atoms with Gasteiger partial charge in [0.2, 0.25) is 5.95 Å². The molecule has 4 heterocycles. The second-order valence-corrected chi connectivity index (χ2v) is 10.4. The maximum absolute atomic E-state index is 14.5. The molecule has 2 N–H and O–H groups in total. The molecule has 9 nitrogen and oxygen atoms in total. The predicted molar refractivity (Wildman–Crippen MR) is 133 cm³/mol. The number of halogens is 4. The first-order chi connectivity index (χ1) is 17.8. The Morgan fingerprint density at radius 1 is 1.18 bits per heavy atom. The fourth-order valence-electron chi connectivity index (χ4n) is 4.71. The lowest BCUT2D eigenvalue weighted by Crippen LogP contribution is -2.42. The molecule has 1 amide bonds. The summed E-state index contributed by atoms with van der Waals surface area (Å²) >= 11 is 0. The van der Waals surface area contributed by atoms with Crippen LogP contribution in [0, 0.1) is 11.7 Å². The zero-order chi connectivity index (χ0) is 27.8. The van der Waals surface area contributed by atoms with Crippen molar-refractivity contribution in [3.63, 3.8) is 0 Å². The summed E-state index contributed by atoms with van der Waals surface area (Å²) in [5.74, 6) is -0.758. The summed E-state index contributed by atoms with van der Waals surface area (Å²) < 4.78 is 60.0. The molecule has 0 spiro atoms. The minimum absolute atomic E-state index is 0.0244. The van der Waals surface area contributed by atoms with Gasteiger partial charge in [0.1, 0.15) is 18.1 Å². The summed E-state index contributed by atoms with van der Waals surface area (Å²) in [4.78, 5) is 27.4. The van der Waals surface area contributed by atoms with Gasteiger partial charge in [-0.2, -0.15) is 18.2 Å². The molecule has 2 fully saturated rings. The Morgan fingerprint density at radius 3 is 2.50 bits per heavy atom. The van der Waals surface area contributed by atoms with Gasteiger partial charge < -0.3 is 20.1 Å². The van der Waals surface area contributed by atoms with Crippen molar-refractivity contribution in [1.29, 1.82) is 0 Å². The molecule has 38 heavy (non-hydrogen) atoms. The first kappa shape index (κ1) is 27.8. The number of anilines is 3. The van der Waals surface area contributed by atoms with Crippen LogP contribution >= 0.6 is 0 Å². The maximum atomic E-state index is 14.5. The molecular weight excluding hydrogens is 508 g/mol. The van der Waals surface area contributed by atoms with Gasteiger partial charge in [0, 0.05) is 31.0 Å². The number of hydrogen-bond donors (Lipinski definition) is 2. The van der Waals surface area contributed by atoms with Gasteiger partial charge in [-0.05, 0) is 58.6 Å². The van der Waals surface area contributed by atoms with Gasteiger partial charge in [0.25, 0.3) is 0 Å². The number of piperidine rings is 1. The first-order valence-corrected chi connectivity index (χ1v) is 12.5. The summed E-state index contributed by atoms with van der Waals surface area (Å²) in [7, 11) is 0. The minimum Gasteiger partial charge on any atom is -0.447 e. The third kappa shape index (κ3) is 5.47. The van der Waals surface area contributed by atoms with Gasteiger partial charge in [-0.25, -0.2) is 19.1 Å². The van der Waals surface area contributed by atoms with Gasteiger partial charge in [-0.3, -0.25) is 4.98 Å². The number of alkyl halides is 3. The molecule has 2 saturated heterocycles. The third-order valence-corrected chi connectivity index (χ3v) is 7.48. The lowest BCUT2D eigenvalue weighted by Gasteiger charge is -2.37. The van der Waals surface area contributed by atoms with Crippen LogP contribution in [0.5, 0.6) is 0 Å². The van der Waals surface area contributed by atoms with Crippen LogP contribution < -0.4 is 15.1 Å². The Kier molecular flexibility index (Phi) is 7.69. The minimum atomic E-state index is -4.42. The highest BCUT2D eigenvalue weighted by Gasteiger charge is 2.49. The molecule has 1 unspecified atom stereocenters. The highest BCUT2D eigenvalue weighted by atomic mass is 19.4. The van der Waals surface area contributed by atoms with Crippen LogP contribution in [0.3, 0.4) is 0 Å². The number of carbonyl (C=O) groups excluding carboxylic acids is 1. The summed E-state index contributed by atoms with van der Waals surface area (Å²) in [6.45, 7) is 6.87. The molecule has 2 aromatic heterocycles. The van der Waals surface area contributed by atoms with Crippen molar-refractivity contribution in [3.8, 4) is 0 Å². The molecule has 0 bridgehead atoms. The summed E-state index contributed by atoms with van der Waals surface area (Å²) in [6, 6.07) is 2.35. The van der Waals surface area contributed by atoms with Gasteiger partial charge in [-0.1, -0.05) is 0 Å². The van der Waals surface area contributed by atoms with E-state index in [9.17, 15) is 27.5 Å². The van der Waals surface area contributed by atoms with Gasteiger partial charge in [0.15, 0.2) is 11.6 Å². The number of amides is 1. The molecule has 4 rings (SSSR count). The summed E-state index contributed by atoms with van der Waals surface area (Å²) in [6.07, 6.45) is -2.27. The fourth-order valence-corrected chi connectivity index (χ4v) is 4.71. The van der Waals surface area contributed by atoms with Crippen molar-refractivity contribution in [2.75, 3.05) is 34.8 Å². The number of aliphatic hydroxyl groups excluding tert-OH is 1. The Hall–Kier alpha value is -3.22. The van der Waals surface area contributed by atoms with Crippen LogP contribution in [0.2, 0.25) is 0 Å². The van der Waals surface area contributed by atoms with E-state index in [4.69, 9.17) is 4.74 Å². The van der Waals surface area contributed by atoms with E-state index in [0.717, 1.165) is 37.8 Å². The molecule has 0 aliphatic carbocycles. The zero-order valence-electron chi connectivity index (χ0n) is 21.7. The number of nitrogens with zero attached hydrogens (tertiary/aromatic N) is 5. The van der Waals surface area contributed by atoms with E-state index in [1.807, 2.05) is 11.8 Å². The number of hydrogen-bond acceptors (Lipinski definition) is 8. The largest absolute Gasteiger partial charge is 0.447 e. The number of aromatic nitrogens is 3. The smallest absolute Gasteiger partial charge is 0.416 e. The number of rotatable bonds is 7. The molecular formula is C25H32F4N6O3. The van der Waals surface area contributed by atoms with Crippen molar-refractivity contribution in [2.24, 2.45) is 5.92 Å². The third-order valence-electron chi connectivity index (χ3n) is 7.48. The van der Waals surface area contributed by atoms with E-state index in [-0.39, 0.29) is 36.0 Å². The number of carbonyl (C=O) groups is 1. The van der Waals surface area contributed by atoms with Crippen LogP contribution in [-0.2, 0) is 10.2 Å². The van der Waals surface area contributed by atoms with Crippen molar-refractivity contribution in [3.05, 3.63) is 36.0 Å². The average Bonchev–Trinajstić information content (AvgIpc) is 3.26. The van der Waals surface area contributed by atoms with E-state index in [1.54, 1.807) is 6.07 Å². The van der Waals surface area contributed by atoms with E-state index in [2.05, 4.69) is 20.3 Å². The van der Waals surface area contributed by atoms with Crippen LogP contribution in [-0.4, -0.2) is 70.2 Å². The van der Waals surface area contributed by atoms with Crippen molar-refractivity contribution < 1.29 is 32.2 Å². The van der Waals surface area contributed by atoms with Crippen LogP contribution in [0.1, 0.15) is 46.2 Å².